The maximum absolute atomic E-state index is 13.2. The van der Waals surface area contributed by atoms with E-state index in [1.807, 2.05) is 43.3 Å². The number of nitrogens with two attached hydrogens (primary N) is 1. The number of fused-ring (bicyclic) bond motifs is 2. The molecule has 0 aliphatic heterocycles. The number of hydrogen-bond donors (Lipinski definition) is 2. The molecule has 1 heterocycles. The van der Waals surface area contributed by atoms with Crippen molar-refractivity contribution in [2.24, 2.45) is 10.7 Å². The number of rotatable bonds is 5. The van der Waals surface area contributed by atoms with Crippen LogP contribution in [0.25, 0.3) is 32.4 Å². The second-order valence-electron chi connectivity index (χ2n) is 7.21. The molecule has 28 heavy (non-hydrogen) atoms. The molecule has 0 spiro atoms. The predicted octanol–water partition coefficient (Wildman–Crippen LogP) is 0.855. The van der Waals surface area contributed by atoms with E-state index in [2.05, 4.69) is 10.1 Å². The zero-order valence-corrected chi connectivity index (χ0v) is 16.0. The SMILES string of the molecule is CN(C)CCn1[nH]c2c3ccccc3c(=O)c3cc(=NCCN)cc(c1=O)c32. The van der Waals surface area contributed by atoms with Crippen molar-refractivity contribution in [3.05, 3.63) is 62.3 Å². The zero-order valence-electron chi connectivity index (χ0n) is 16.0. The number of likely N-dealkylation sites (N-methyl/N-ethyl adjacent to an activating group) is 1. The molecule has 0 fully saturated rings. The third-order valence-electron chi connectivity index (χ3n) is 4.98. The molecule has 0 saturated heterocycles. The fourth-order valence-corrected chi connectivity index (χ4v) is 3.61. The predicted molar refractivity (Wildman–Crippen MR) is 113 cm³/mol. The van der Waals surface area contributed by atoms with E-state index in [-0.39, 0.29) is 11.0 Å². The van der Waals surface area contributed by atoms with Gasteiger partial charge in [-0.3, -0.25) is 24.4 Å². The van der Waals surface area contributed by atoms with Gasteiger partial charge in [-0.2, -0.15) is 0 Å². The van der Waals surface area contributed by atoms with E-state index in [4.69, 9.17) is 5.73 Å². The molecular formula is C21H23N5O2. The maximum Gasteiger partial charge on any atom is 0.273 e. The van der Waals surface area contributed by atoms with Gasteiger partial charge in [0.2, 0.25) is 0 Å². The van der Waals surface area contributed by atoms with Crippen LogP contribution < -0.4 is 22.1 Å². The number of nitrogens with zero attached hydrogens (tertiary/aromatic N) is 3. The number of H-pyrrole nitrogens is 1. The Morgan fingerprint density at radius 1 is 1.07 bits per heavy atom. The Kier molecular flexibility index (Phi) is 4.70. The first-order chi connectivity index (χ1) is 13.5. The molecule has 3 aromatic carbocycles. The summed E-state index contributed by atoms with van der Waals surface area (Å²) in [5.74, 6) is 0. The van der Waals surface area contributed by atoms with Gasteiger partial charge in [0.05, 0.1) is 29.3 Å². The first-order valence-corrected chi connectivity index (χ1v) is 9.31. The summed E-state index contributed by atoms with van der Waals surface area (Å²) in [5, 5.41) is 6.99. The lowest BCUT2D eigenvalue weighted by Gasteiger charge is -2.15. The van der Waals surface area contributed by atoms with Crippen molar-refractivity contribution >= 4 is 32.4 Å². The third kappa shape index (κ3) is 2.98. The summed E-state index contributed by atoms with van der Waals surface area (Å²) in [4.78, 5) is 32.8. The molecule has 0 saturated carbocycles. The molecule has 3 N–H and O–H groups in total. The molecular weight excluding hydrogens is 354 g/mol. The van der Waals surface area contributed by atoms with Crippen LogP contribution in [0.2, 0.25) is 0 Å². The summed E-state index contributed by atoms with van der Waals surface area (Å²) in [6, 6.07) is 11.0. The molecule has 144 valence electrons. The standard InChI is InChI=1S/C21H23N5O2/c1-25(2)9-10-26-21(28)17-12-13(23-8-7-22)11-16-18(17)19(24-26)14-5-3-4-6-15(14)20(16)27/h3-6,11-12,24H,7-10,22H2,1-2H3. The summed E-state index contributed by atoms with van der Waals surface area (Å²) < 4.78 is 1.61. The normalized spacial score (nSPS) is 12.8. The molecule has 0 unspecified atom stereocenters. The Balaban J connectivity index is 2.19. The van der Waals surface area contributed by atoms with Crippen LogP contribution in [0.3, 0.4) is 0 Å². The lowest BCUT2D eigenvalue weighted by atomic mass is 9.98. The Bertz CT molecular complexity index is 1350. The van der Waals surface area contributed by atoms with E-state index < -0.39 is 0 Å². The number of nitrogens with one attached hydrogen (secondary N) is 1. The number of benzene rings is 3. The minimum absolute atomic E-state index is 0.0864. The zero-order chi connectivity index (χ0) is 19.8. The number of aromatic nitrogens is 2. The van der Waals surface area contributed by atoms with Crippen molar-refractivity contribution in [3.8, 4) is 0 Å². The quantitative estimate of drug-likeness (QED) is 0.398. The minimum Gasteiger partial charge on any atom is -0.329 e. The van der Waals surface area contributed by atoms with Crippen molar-refractivity contribution in [2.75, 3.05) is 33.7 Å². The molecule has 0 aliphatic carbocycles. The Labute approximate surface area is 161 Å². The highest BCUT2D eigenvalue weighted by atomic mass is 16.1. The summed E-state index contributed by atoms with van der Waals surface area (Å²) >= 11 is 0. The smallest absolute Gasteiger partial charge is 0.273 e. The van der Waals surface area contributed by atoms with Crippen LogP contribution in [0, 0.1) is 0 Å². The first kappa shape index (κ1) is 18.3. The lowest BCUT2D eigenvalue weighted by molar-refractivity contribution is 0.370. The number of aromatic amines is 1. The van der Waals surface area contributed by atoms with Crippen LogP contribution >= 0.6 is 0 Å². The average Bonchev–Trinajstić information content (AvgIpc) is 2.70. The van der Waals surface area contributed by atoms with E-state index in [1.165, 1.54) is 0 Å². The summed E-state index contributed by atoms with van der Waals surface area (Å²) in [7, 11) is 3.93. The van der Waals surface area contributed by atoms with Gasteiger partial charge in [0.1, 0.15) is 0 Å². The van der Waals surface area contributed by atoms with Gasteiger partial charge in [-0.1, -0.05) is 24.3 Å². The molecule has 0 bridgehead atoms. The molecule has 4 rings (SSSR count). The fraction of sp³-hybridized carbons (Fsp3) is 0.286. The van der Waals surface area contributed by atoms with Crippen LogP contribution in [-0.2, 0) is 6.54 Å². The molecule has 4 aromatic rings. The second kappa shape index (κ2) is 7.18. The van der Waals surface area contributed by atoms with E-state index in [0.29, 0.717) is 53.1 Å². The highest BCUT2D eigenvalue weighted by Gasteiger charge is 2.16. The fourth-order valence-electron chi connectivity index (χ4n) is 3.61. The van der Waals surface area contributed by atoms with Gasteiger partial charge in [0, 0.05) is 34.6 Å². The van der Waals surface area contributed by atoms with Gasteiger partial charge in [-0.15, -0.1) is 0 Å². The largest absolute Gasteiger partial charge is 0.329 e. The average molecular weight is 377 g/mol. The summed E-state index contributed by atoms with van der Waals surface area (Å²) in [5.41, 5.74) is 6.13. The van der Waals surface area contributed by atoms with Crippen LogP contribution in [0.5, 0.6) is 0 Å². The first-order valence-electron chi connectivity index (χ1n) is 9.31. The number of hydrogen-bond acceptors (Lipinski definition) is 5. The molecule has 0 aliphatic rings. The highest BCUT2D eigenvalue weighted by Crippen LogP contribution is 2.26. The van der Waals surface area contributed by atoms with Crippen molar-refractivity contribution < 1.29 is 0 Å². The second-order valence-corrected chi connectivity index (χ2v) is 7.21. The summed E-state index contributed by atoms with van der Waals surface area (Å²) in [6.45, 7) is 2.08. The molecule has 1 aromatic heterocycles. The van der Waals surface area contributed by atoms with Crippen LogP contribution in [0.15, 0.2) is 51.0 Å². The maximum atomic E-state index is 13.2. The van der Waals surface area contributed by atoms with Crippen LogP contribution in [0.1, 0.15) is 0 Å². The molecule has 7 nitrogen and oxygen atoms in total. The Morgan fingerprint density at radius 2 is 1.79 bits per heavy atom. The van der Waals surface area contributed by atoms with Crippen LogP contribution in [-0.4, -0.2) is 48.4 Å². The van der Waals surface area contributed by atoms with Crippen molar-refractivity contribution in [1.29, 1.82) is 0 Å². The molecule has 0 radical (unpaired) electrons. The van der Waals surface area contributed by atoms with E-state index in [1.54, 1.807) is 16.8 Å². The van der Waals surface area contributed by atoms with Crippen LogP contribution in [0.4, 0.5) is 0 Å². The molecule has 0 amide bonds. The molecule has 0 atom stereocenters. The van der Waals surface area contributed by atoms with Gasteiger partial charge in [-0.05, 0) is 26.2 Å². The van der Waals surface area contributed by atoms with Gasteiger partial charge in [0.25, 0.3) is 5.56 Å². The minimum atomic E-state index is -0.154. The lowest BCUT2D eigenvalue weighted by Crippen LogP contribution is -2.30. The van der Waals surface area contributed by atoms with Gasteiger partial charge in [0.15, 0.2) is 5.43 Å². The summed E-state index contributed by atoms with van der Waals surface area (Å²) in [6.07, 6.45) is 0. The third-order valence-corrected chi connectivity index (χ3v) is 4.98. The Morgan fingerprint density at radius 3 is 2.50 bits per heavy atom. The van der Waals surface area contributed by atoms with Crippen molar-refractivity contribution in [1.82, 2.24) is 14.7 Å². The monoisotopic (exact) mass is 377 g/mol. The van der Waals surface area contributed by atoms with Gasteiger partial charge in [-0.25, -0.2) is 0 Å². The molecule has 7 heteroatoms. The van der Waals surface area contributed by atoms with Crippen molar-refractivity contribution in [3.63, 3.8) is 0 Å². The Hall–Kier alpha value is -3.03. The van der Waals surface area contributed by atoms with Gasteiger partial charge < -0.3 is 10.6 Å². The van der Waals surface area contributed by atoms with E-state index >= 15 is 0 Å². The van der Waals surface area contributed by atoms with Crippen molar-refractivity contribution in [2.45, 2.75) is 6.54 Å². The van der Waals surface area contributed by atoms with E-state index in [9.17, 15) is 9.59 Å². The van der Waals surface area contributed by atoms with E-state index in [0.717, 1.165) is 10.9 Å². The van der Waals surface area contributed by atoms with Gasteiger partial charge >= 0.3 is 0 Å². The topological polar surface area (TPSA) is 96.5 Å². The highest BCUT2D eigenvalue weighted by molar-refractivity contribution is 6.18.